The lowest BCUT2D eigenvalue weighted by atomic mass is 10.2. The number of nitro groups is 1. The number of nitrogens with zero attached hydrogens (tertiary/aromatic N) is 2. The minimum atomic E-state index is -0.556. The fourth-order valence-electron chi connectivity index (χ4n) is 1.67. The van der Waals surface area contributed by atoms with E-state index in [1.54, 1.807) is 7.05 Å². The first-order valence-corrected chi connectivity index (χ1v) is 6.88. The molecule has 8 heteroatoms. The largest absolute Gasteiger partial charge is 0.321 e. The molecule has 1 amide bonds. The Morgan fingerprint density at radius 2 is 2.05 bits per heavy atom. The standard InChI is InChI=1S/C13H10IN3O4/c1-16-7-8(2-5-12(16)18)15-13(19)10-6-9(17(20)21)3-4-11(10)14/h2-7H,1H3,(H,15,19). The van der Waals surface area contributed by atoms with Crippen LogP contribution in [-0.2, 0) is 7.05 Å². The molecule has 108 valence electrons. The van der Waals surface area contributed by atoms with Gasteiger partial charge in [0.25, 0.3) is 11.6 Å². The highest BCUT2D eigenvalue weighted by Crippen LogP contribution is 2.20. The minimum Gasteiger partial charge on any atom is -0.321 e. The Kier molecular flexibility index (Phi) is 4.36. The van der Waals surface area contributed by atoms with E-state index in [-0.39, 0.29) is 16.8 Å². The SMILES string of the molecule is Cn1cc(NC(=O)c2cc([N+](=O)[O-])ccc2I)ccc1=O. The van der Waals surface area contributed by atoms with Crippen molar-refractivity contribution in [3.8, 4) is 0 Å². The molecule has 2 rings (SSSR count). The highest BCUT2D eigenvalue weighted by molar-refractivity contribution is 14.1. The number of amides is 1. The molecular weight excluding hydrogens is 389 g/mol. The van der Waals surface area contributed by atoms with Gasteiger partial charge in [-0.15, -0.1) is 0 Å². The maximum Gasteiger partial charge on any atom is 0.270 e. The highest BCUT2D eigenvalue weighted by Gasteiger charge is 2.15. The van der Waals surface area contributed by atoms with E-state index in [0.717, 1.165) is 0 Å². The predicted octanol–water partition coefficient (Wildman–Crippen LogP) is 2.15. The van der Waals surface area contributed by atoms with Gasteiger partial charge in [-0.1, -0.05) is 0 Å². The van der Waals surface area contributed by atoms with Crippen LogP contribution in [0.1, 0.15) is 10.4 Å². The summed E-state index contributed by atoms with van der Waals surface area (Å²) in [5.74, 6) is -0.471. The van der Waals surface area contributed by atoms with Gasteiger partial charge in [-0.2, -0.15) is 0 Å². The van der Waals surface area contributed by atoms with Gasteiger partial charge in [-0.3, -0.25) is 19.7 Å². The summed E-state index contributed by atoms with van der Waals surface area (Å²) in [6.07, 6.45) is 1.48. The van der Waals surface area contributed by atoms with Gasteiger partial charge in [0.05, 0.1) is 16.2 Å². The molecule has 0 aliphatic heterocycles. The summed E-state index contributed by atoms with van der Waals surface area (Å²) in [5.41, 5.74) is 0.294. The van der Waals surface area contributed by atoms with Crippen LogP contribution < -0.4 is 10.9 Å². The molecule has 0 aliphatic rings. The first-order valence-electron chi connectivity index (χ1n) is 5.80. The van der Waals surface area contributed by atoms with Crippen LogP contribution in [0.4, 0.5) is 11.4 Å². The summed E-state index contributed by atoms with van der Waals surface area (Å²) in [5, 5.41) is 13.4. The fourth-order valence-corrected chi connectivity index (χ4v) is 2.25. The molecule has 21 heavy (non-hydrogen) atoms. The first-order chi connectivity index (χ1) is 9.88. The number of pyridine rings is 1. The number of aromatic nitrogens is 1. The molecule has 0 atom stereocenters. The van der Waals surface area contributed by atoms with E-state index in [1.165, 1.54) is 41.1 Å². The van der Waals surface area contributed by atoms with Crippen LogP contribution in [0.5, 0.6) is 0 Å². The number of non-ortho nitro benzene ring substituents is 1. The van der Waals surface area contributed by atoms with Crippen molar-refractivity contribution in [2.45, 2.75) is 0 Å². The van der Waals surface area contributed by atoms with Crippen LogP contribution in [0.3, 0.4) is 0 Å². The van der Waals surface area contributed by atoms with E-state index in [0.29, 0.717) is 9.26 Å². The number of anilines is 1. The van der Waals surface area contributed by atoms with Crippen LogP contribution in [0.2, 0.25) is 0 Å². The summed E-state index contributed by atoms with van der Waals surface area (Å²) in [6, 6.07) is 6.87. The molecule has 1 aromatic heterocycles. The molecule has 2 aromatic rings. The van der Waals surface area contributed by atoms with E-state index in [2.05, 4.69) is 5.32 Å². The van der Waals surface area contributed by atoms with Gasteiger partial charge in [-0.25, -0.2) is 0 Å². The van der Waals surface area contributed by atoms with Crippen molar-refractivity contribution in [1.29, 1.82) is 0 Å². The van der Waals surface area contributed by atoms with E-state index in [1.807, 2.05) is 22.6 Å². The molecule has 0 radical (unpaired) electrons. The van der Waals surface area contributed by atoms with Crippen molar-refractivity contribution in [3.05, 3.63) is 66.1 Å². The Bertz CT molecular complexity index is 785. The third kappa shape index (κ3) is 3.45. The number of rotatable bonds is 3. The normalized spacial score (nSPS) is 10.2. The molecular formula is C13H10IN3O4. The summed E-state index contributed by atoms with van der Waals surface area (Å²) in [7, 11) is 1.56. The van der Waals surface area contributed by atoms with Gasteiger partial charge < -0.3 is 9.88 Å². The van der Waals surface area contributed by atoms with Crippen LogP contribution in [0, 0.1) is 13.7 Å². The van der Waals surface area contributed by atoms with Crippen molar-refractivity contribution in [2.75, 3.05) is 5.32 Å². The van der Waals surface area contributed by atoms with Crippen LogP contribution in [0.15, 0.2) is 41.3 Å². The average Bonchev–Trinajstić information content (AvgIpc) is 2.43. The lowest BCUT2D eigenvalue weighted by Crippen LogP contribution is -2.18. The molecule has 0 aliphatic carbocycles. The van der Waals surface area contributed by atoms with E-state index >= 15 is 0 Å². The lowest BCUT2D eigenvalue weighted by molar-refractivity contribution is -0.384. The van der Waals surface area contributed by atoms with Gasteiger partial charge in [0.1, 0.15) is 0 Å². The van der Waals surface area contributed by atoms with E-state index in [9.17, 15) is 19.7 Å². The second kappa shape index (κ2) is 6.04. The summed E-state index contributed by atoms with van der Waals surface area (Å²) < 4.78 is 1.93. The third-order valence-electron chi connectivity index (χ3n) is 2.75. The Hall–Kier alpha value is -2.23. The average molecular weight is 399 g/mol. The minimum absolute atomic E-state index is 0.152. The van der Waals surface area contributed by atoms with Gasteiger partial charge in [0, 0.05) is 35.0 Å². The zero-order valence-electron chi connectivity index (χ0n) is 10.9. The van der Waals surface area contributed by atoms with Gasteiger partial charge >= 0.3 is 0 Å². The van der Waals surface area contributed by atoms with Gasteiger partial charge in [0.2, 0.25) is 5.56 Å². The number of benzene rings is 1. The van der Waals surface area contributed by atoms with Crippen molar-refractivity contribution in [3.63, 3.8) is 0 Å². The number of aryl methyl sites for hydroxylation is 1. The first kappa shape index (κ1) is 15.2. The fraction of sp³-hybridized carbons (Fsp3) is 0.0769. The lowest BCUT2D eigenvalue weighted by Gasteiger charge is -2.08. The monoisotopic (exact) mass is 399 g/mol. The molecule has 1 N–H and O–H groups in total. The van der Waals surface area contributed by atoms with Gasteiger partial charge in [-0.05, 0) is 34.7 Å². The van der Waals surface area contributed by atoms with E-state index in [4.69, 9.17) is 0 Å². The van der Waals surface area contributed by atoms with E-state index < -0.39 is 10.8 Å². The molecule has 0 saturated heterocycles. The molecule has 0 bridgehead atoms. The molecule has 0 spiro atoms. The molecule has 0 fully saturated rings. The van der Waals surface area contributed by atoms with Crippen molar-refractivity contribution >= 4 is 39.9 Å². The summed E-state index contributed by atoms with van der Waals surface area (Å²) in [6.45, 7) is 0. The van der Waals surface area contributed by atoms with Gasteiger partial charge in [0.15, 0.2) is 0 Å². The zero-order valence-corrected chi connectivity index (χ0v) is 13.0. The Morgan fingerprint density at radius 3 is 2.67 bits per heavy atom. The second-order valence-electron chi connectivity index (χ2n) is 4.24. The zero-order chi connectivity index (χ0) is 15.6. The second-order valence-corrected chi connectivity index (χ2v) is 5.40. The Morgan fingerprint density at radius 1 is 1.33 bits per heavy atom. The summed E-state index contributed by atoms with van der Waals surface area (Å²) in [4.78, 5) is 33.7. The number of carbonyl (C=O) groups is 1. The number of hydrogen-bond donors (Lipinski definition) is 1. The Labute approximate surface area is 132 Å². The summed E-state index contributed by atoms with van der Waals surface area (Å²) >= 11 is 1.93. The van der Waals surface area contributed by atoms with Crippen molar-refractivity contribution in [1.82, 2.24) is 4.57 Å². The van der Waals surface area contributed by atoms with Crippen LogP contribution in [-0.4, -0.2) is 15.4 Å². The van der Waals surface area contributed by atoms with Crippen LogP contribution in [0.25, 0.3) is 0 Å². The molecule has 1 aromatic carbocycles. The molecule has 7 nitrogen and oxygen atoms in total. The Balaban J connectivity index is 2.31. The quantitative estimate of drug-likeness (QED) is 0.486. The number of carbonyl (C=O) groups excluding carboxylic acids is 1. The smallest absolute Gasteiger partial charge is 0.270 e. The third-order valence-corrected chi connectivity index (χ3v) is 3.69. The topological polar surface area (TPSA) is 94.2 Å². The number of nitrogens with one attached hydrogen (secondary N) is 1. The predicted molar refractivity (Wildman–Crippen MR) is 85.4 cm³/mol. The molecule has 0 saturated carbocycles. The number of halogens is 1. The molecule has 1 heterocycles. The maximum absolute atomic E-state index is 12.2. The van der Waals surface area contributed by atoms with Crippen molar-refractivity contribution < 1.29 is 9.72 Å². The van der Waals surface area contributed by atoms with Crippen LogP contribution >= 0.6 is 22.6 Å². The highest BCUT2D eigenvalue weighted by atomic mass is 127. The number of hydrogen-bond acceptors (Lipinski definition) is 4. The maximum atomic E-state index is 12.2. The van der Waals surface area contributed by atoms with Crippen molar-refractivity contribution in [2.24, 2.45) is 7.05 Å². The number of nitro benzene ring substituents is 1. The molecule has 0 unspecified atom stereocenters.